The first kappa shape index (κ1) is 17.4. The standard InChI is InChI=1S/C21H22N4O2/c1-24-19(23-17-11-6-5-10-16(17)21(24)27)14-25-13-7-12-18(25)20(26)22-15-8-3-2-4-9-15/h2-6,8-11,18H,7,12-14H2,1H3,(H,22,26). The molecule has 1 aromatic heterocycles. The number of amides is 1. The van der Waals surface area contributed by atoms with Crippen LogP contribution in [0.15, 0.2) is 59.4 Å². The first-order chi connectivity index (χ1) is 13.1. The van der Waals surface area contributed by atoms with E-state index in [4.69, 9.17) is 0 Å². The second kappa shape index (κ2) is 7.32. The van der Waals surface area contributed by atoms with Crippen molar-refractivity contribution in [1.82, 2.24) is 14.5 Å². The van der Waals surface area contributed by atoms with Crippen molar-refractivity contribution in [3.63, 3.8) is 0 Å². The highest BCUT2D eigenvalue weighted by molar-refractivity contribution is 5.95. The number of fused-ring (bicyclic) bond motifs is 1. The molecular weight excluding hydrogens is 340 g/mol. The van der Waals surface area contributed by atoms with Crippen LogP contribution in [0.1, 0.15) is 18.7 Å². The number of benzene rings is 2. The van der Waals surface area contributed by atoms with Crippen LogP contribution in [0.25, 0.3) is 10.9 Å². The van der Waals surface area contributed by atoms with E-state index in [2.05, 4.69) is 15.2 Å². The zero-order valence-corrected chi connectivity index (χ0v) is 15.3. The van der Waals surface area contributed by atoms with Crippen LogP contribution < -0.4 is 10.9 Å². The minimum Gasteiger partial charge on any atom is -0.325 e. The molecule has 0 bridgehead atoms. The van der Waals surface area contributed by atoms with Crippen molar-refractivity contribution in [1.29, 1.82) is 0 Å². The average molecular weight is 362 g/mol. The topological polar surface area (TPSA) is 67.2 Å². The van der Waals surface area contributed by atoms with Gasteiger partial charge in [-0.1, -0.05) is 30.3 Å². The third-order valence-electron chi connectivity index (χ3n) is 5.13. The van der Waals surface area contributed by atoms with E-state index in [1.807, 2.05) is 48.5 Å². The molecule has 1 fully saturated rings. The zero-order chi connectivity index (χ0) is 18.8. The fourth-order valence-electron chi connectivity index (χ4n) is 3.65. The summed E-state index contributed by atoms with van der Waals surface area (Å²) in [6.45, 7) is 1.29. The highest BCUT2D eigenvalue weighted by atomic mass is 16.2. The van der Waals surface area contributed by atoms with Crippen molar-refractivity contribution in [2.45, 2.75) is 25.4 Å². The van der Waals surface area contributed by atoms with E-state index in [0.29, 0.717) is 23.3 Å². The normalized spacial score (nSPS) is 17.3. The summed E-state index contributed by atoms with van der Waals surface area (Å²) >= 11 is 0. The fourth-order valence-corrected chi connectivity index (χ4v) is 3.65. The molecule has 27 heavy (non-hydrogen) atoms. The molecule has 1 amide bonds. The van der Waals surface area contributed by atoms with E-state index in [0.717, 1.165) is 25.1 Å². The van der Waals surface area contributed by atoms with Gasteiger partial charge in [-0.05, 0) is 43.7 Å². The molecule has 6 heteroatoms. The Labute approximate surface area is 157 Å². The van der Waals surface area contributed by atoms with Crippen LogP contribution in [0.2, 0.25) is 0 Å². The van der Waals surface area contributed by atoms with Crippen LogP contribution in [0.5, 0.6) is 0 Å². The predicted octanol–water partition coefficient (Wildman–Crippen LogP) is 2.54. The van der Waals surface area contributed by atoms with Crippen LogP contribution in [0, 0.1) is 0 Å². The number of likely N-dealkylation sites (tertiary alicyclic amines) is 1. The van der Waals surface area contributed by atoms with Crippen molar-refractivity contribution < 1.29 is 4.79 Å². The molecule has 0 spiro atoms. The maximum atomic E-state index is 12.7. The number of anilines is 1. The second-order valence-electron chi connectivity index (χ2n) is 6.89. The molecule has 1 unspecified atom stereocenters. The van der Waals surface area contributed by atoms with Gasteiger partial charge in [-0.15, -0.1) is 0 Å². The van der Waals surface area contributed by atoms with Gasteiger partial charge in [0.2, 0.25) is 5.91 Å². The lowest BCUT2D eigenvalue weighted by molar-refractivity contribution is -0.120. The third-order valence-corrected chi connectivity index (χ3v) is 5.13. The van der Waals surface area contributed by atoms with E-state index in [9.17, 15) is 9.59 Å². The van der Waals surface area contributed by atoms with Gasteiger partial charge in [0.1, 0.15) is 5.82 Å². The lowest BCUT2D eigenvalue weighted by Crippen LogP contribution is -2.40. The van der Waals surface area contributed by atoms with E-state index in [1.165, 1.54) is 0 Å². The number of nitrogens with zero attached hydrogens (tertiary/aromatic N) is 3. The molecule has 4 rings (SSSR count). The van der Waals surface area contributed by atoms with Crippen molar-refractivity contribution >= 4 is 22.5 Å². The first-order valence-corrected chi connectivity index (χ1v) is 9.18. The first-order valence-electron chi connectivity index (χ1n) is 9.18. The van der Waals surface area contributed by atoms with Crippen LogP contribution >= 0.6 is 0 Å². The van der Waals surface area contributed by atoms with Crippen molar-refractivity contribution in [3.8, 4) is 0 Å². The Balaban J connectivity index is 1.57. The molecule has 6 nitrogen and oxygen atoms in total. The van der Waals surface area contributed by atoms with Crippen LogP contribution in [0.4, 0.5) is 5.69 Å². The summed E-state index contributed by atoms with van der Waals surface area (Å²) in [5.41, 5.74) is 1.44. The van der Waals surface area contributed by atoms with Gasteiger partial charge in [0.05, 0.1) is 23.5 Å². The highest BCUT2D eigenvalue weighted by Gasteiger charge is 2.31. The van der Waals surface area contributed by atoms with Crippen LogP contribution in [-0.2, 0) is 18.4 Å². The van der Waals surface area contributed by atoms with Gasteiger partial charge in [0.25, 0.3) is 5.56 Å². The molecule has 0 saturated carbocycles. The molecule has 1 aliphatic rings. The SMILES string of the molecule is Cn1c(CN2CCCC2C(=O)Nc2ccccc2)nc2ccccc2c1=O. The van der Waals surface area contributed by atoms with Gasteiger partial charge in [-0.3, -0.25) is 19.1 Å². The monoisotopic (exact) mass is 362 g/mol. The Kier molecular flexibility index (Phi) is 4.73. The molecule has 2 aromatic carbocycles. The van der Waals surface area contributed by atoms with E-state index >= 15 is 0 Å². The van der Waals surface area contributed by atoms with Crippen molar-refractivity contribution in [2.75, 3.05) is 11.9 Å². The van der Waals surface area contributed by atoms with Gasteiger partial charge >= 0.3 is 0 Å². The smallest absolute Gasteiger partial charge is 0.261 e. The Morgan fingerprint density at radius 2 is 1.89 bits per heavy atom. The largest absolute Gasteiger partial charge is 0.325 e. The molecule has 3 aromatic rings. The van der Waals surface area contributed by atoms with Crippen LogP contribution in [0.3, 0.4) is 0 Å². The molecule has 138 valence electrons. The maximum absolute atomic E-state index is 12.7. The Morgan fingerprint density at radius 3 is 2.70 bits per heavy atom. The Hall–Kier alpha value is -2.99. The minimum absolute atomic E-state index is 0.00973. The minimum atomic E-state index is -0.214. The molecule has 0 radical (unpaired) electrons. The summed E-state index contributed by atoms with van der Waals surface area (Å²) < 4.78 is 1.59. The summed E-state index contributed by atoms with van der Waals surface area (Å²) in [5.74, 6) is 0.669. The summed E-state index contributed by atoms with van der Waals surface area (Å²) in [5, 5.41) is 3.60. The van der Waals surface area contributed by atoms with E-state index in [1.54, 1.807) is 17.7 Å². The molecule has 1 aliphatic heterocycles. The summed E-state index contributed by atoms with van der Waals surface area (Å²) in [4.78, 5) is 32.1. The van der Waals surface area contributed by atoms with Gasteiger partial charge in [-0.25, -0.2) is 4.98 Å². The van der Waals surface area contributed by atoms with Crippen LogP contribution in [-0.4, -0.2) is 32.9 Å². The van der Waals surface area contributed by atoms with E-state index < -0.39 is 0 Å². The summed E-state index contributed by atoms with van der Waals surface area (Å²) in [7, 11) is 1.74. The molecule has 1 N–H and O–H groups in total. The zero-order valence-electron chi connectivity index (χ0n) is 15.3. The lowest BCUT2D eigenvalue weighted by Gasteiger charge is -2.24. The number of carbonyl (C=O) groups excluding carboxylic acids is 1. The number of hydrogen-bond acceptors (Lipinski definition) is 4. The molecule has 0 aliphatic carbocycles. The van der Waals surface area contributed by atoms with Crippen molar-refractivity contribution in [2.24, 2.45) is 7.05 Å². The molecule has 1 atom stereocenters. The summed E-state index contributed by atoms with van der Waals surface area (Å²) in [6.07, 6.45) is 1.76. The fraction of sp³-hybridized carbons (Fsp3) is 0.286. The molecular formula is C21H22N4O2. The Bertz CT molecular complexity index is 1030. The number of para-hydroxylation sites is 2. The Morgan fingerprint density at radius 1 is 1.15 bits per heavy atom. The maximum Gasteiger partial charge on any atom is 0.261 e. The van der Waals surface area contributed by atoms with E-state index in [-0.39, 0.29) is 17.5 Å². The number of aromatic nitrogens is 2. The van der Waals surface area contributed by atoms with Gasteiger partial charge in [-0.2, -0.15) is 0 Å². The van der Waals surface area contributed by atoms with Crippen molar-refractivity contribution in [3.05, 3.63) is 70.8 Å². The molecule has 1 saturated heterocycles. The highest BCUT2D eigenvalue weighted by Crippen LogP contribution is 2.21. The average Bonchev–Trinajstić information content (AvgIpc) is 3.15. The number of hydrogen-bond donors (Lipinski definition) is 1. The quantitative estimate of drug-likeness (QED) is 0.774. The third kappa shape index (κ3) is 3.48. The number of nitrogens with one attached hydrogen (secondary N) is 1. The summed E-state index contributed by atoms with van der Waals surface area (Å²) in [6, 6.07) is 16.6. The van der Waals surface area contributed by atoms with Gasteiger partial charge in [0.15, 0.2) is 0 Å². The number of rotatable bonds is 4. The van der Waals surface area contributed by atoms with Gasteiger partial charge in [0, 0.05) is 12.7 Å². The second-order valence-corrected chi connectivity index (χ2v) is 6.89. The number of carbonyl (C=O) groups is 1. The molecule has 2 heterocycles. The lowest BCUT2D eigenvalue weighted by atomic mass is 10.2. The predicted molar refractivity (Wildman–Crippen MR) is 105 cm³/mol. The van der Waals surface area contributed by atoms with Gasteiger partial charge < -0.3 is 5.32 Å².